The highest BCUT2D eigenvalue weighted by Crippen LogP contribution is 2.18. The van der Waals surface area contributed by atoms with Crippen molar-refractivity contribution < 1.29 is 4.79 Å². The summed E-state index contributed by atoms with van der Waals surface area (Å²) in [7, 11) is 0. The van der Waals surface area contributed by atoms with Crippen molar-refractivity contribution in [1.29, 1.82) is 0 Å². The van der Waals surface area contributed by atoms with Crippen LogP contribution in [0.4, 0.5) is 0 Å². The summed E-state index contributed by atoms with van der Waals surface area (Å²) in [6.45, 7) is 2.11. The molecule has 0 aliphatic heterocycles. The summed E-state index contributed by atoms with van der Waals surface area (Å²) in [5.74, 6) is 0.0759. The molecule has 0 spiro atoms. The number of nitrogens with one attached hydrogen (secondary N) is 1. The van der Waals surface area contributed by atoms with Gasteiger partial charge in [0.2, 0.25) is 0 Å². The molecule has 1 aliphatic rings. The average molecular weight is 321 g/mol. The Labute approximate surface area is 145 Å². The van der Waals surface area contributed by atoms with Crippen molar-refractivity contribution in [1.82, 2.24) is 5.32 Å². The molecule has 0 atom stereocenters. The van der Waals surface area contributed by atoms with Gasteiger partial charge in [0.1, 0.15) is 0 Å². The van der Waals surface area contributed by atoms with E-state index in [9.17, 15) is 4.79 Å². The Morgan fingerprint density at radius 3 is 2.00 bits per heavy atom. The average Bonchev–Trinajstić information content (AvgIpc) is 2.62. The second-order valence-corrected chi connectivity index (χ2v) is 6.99. The van der Waals surface area contributed by atoms with Gasteiger partial charge in [0.25, 0.3) is 5.91 Å². The summed E-state index contributed by atoms with van der Waals surface area (Å²) in [6, 6.07) is 17.2. The molecule has 2 aromatic carbocycles. The van der Waals surface area contributed by atoms with Gasteiger partial charge in [-0.15, -0.1) is 0 Å². The number of benzene rings is 2. The van der Waals surface area contributed by atoms with Crippen LogP contribution in [0.1, 0.15) is 59.2 Å². The molecule has 126 valence electrons. The summed E-state index contributed by atoms with van der Waals surface area (Å²) < 4.78 is 0. The first-order valence-corrected chi connectivity index (χ1v) is 9.16. The maximum atomic E-state index is 12.3. The van der Waals surface area contributed by atoms with Crippen molar-refractivity contribution in [3.8, 4) is 0 Å². The number of aryl methyl sites for hydroxylation is 3. The van der Waals surface area contributed by atoms with Crippen molar-refractivity contribution in [3.05, 3.63) is 70.8 Å². The van der Waals surface area contributed by atoms with Crippen LogP contribution in [0.15, 0.2) is 48.5 Å². The van der Waals surface area contributed by atoms with Crippen LogP contribution in [0.3, 0.4) is 0 Å². The van der Waals surface area contributed by atoms with E-state index < -0.39 is 0 Å². The molecular weight excluding hydrogens is 294 g/mol. The minimum Gasteiger partial charge on any atom is -0.349 e. The topological polar surface area (TPSA) is 29.1 Å². The molecular formula is C22H27NO. The van der Waals surface area contributed by atoms with Gasteiger partial charge in [-0.1, -0.05) is 61.2 Å². The van der Waals surface area contributed by atoms with E-state index in [2.05, 4.69) is 48.6 Å². The minimum absolute atomic E-state index is 0.0759. The lowest BCUT2D eigenvalue weighted by atomic mass is 9.95. The SMILES string of the molecule is Cc1ccc(CCc2ccc(C(=O)NC3CCCCC3)cc2)cc1. The summed E-state index contributed by atoms with van der Waals surface area (Å²) in [5.41, 5.74) is 4.72. The third-order valence-electron chi connectivity index (χ3n) is 4.98. The predicted molar refractivity (Wildman–Crippen MR) is 99.4 cm³/mol. The molecule has 24 heavy (non-hydrogen) atoms. The van der Waals surface area contributed by atoms with Crippen molar-refractivity contribution in [2.75, 3.05) is 0 Å². The summed E-state index contributed by atoms with van der Waals surface area (Å²) in [6.07, 6.45) is 8.08. The van der Waals surface area contributed by atoms with Crippen LogP contribution >= 0.6 is 0 Å². The number of hydrogen-bond acceptors (Lipinski definition) is 1. The first-order valence-electron chi connectivity index (χ1n) is 9.16. The Morgan fingerprint density at radius 2 is 1.42 bits per heavy atom. The van der Waals surface area contributed by atoms with E-state index >= 15 is 0 Å². The van der Waals surface area contributed by atoms with Crippen LogP contribution < -0.4 is 5.32 Å². The second kappa shape index (κ2) is 8.14. The lowest BCUT2D eigenvalue weighted by Gasteiger charge is -2.22. The minimum atomic E-state index is 0.0759. The molecule has 1 fully saturated rings. The van der Waals surface area contributed by atoms with Crippen LogP contribution in [0.5, 0.6) is 0 Å². The molecule has 2 heteroatoms. The third-order valence-corrected chi connectivity index (χ3v) is 4.98. The lowest BCUT2D eigenvalue weighted by molar-refractivity contribution is 0.0927. The zero-order chi connectivity index (χ0) is 16.8. The smallest absolute Gasteiger partial charge is 0.251 e. The maximum absolute atomic E-state index is 12.3. The molecule has 0 aromatic heterocycles. The van der Waals surface area contributed by atoms with Crippen molar-refractivity contribution in [2.24, 2.45) is 0 Å². The van der Waals surface area contributed by atoms with Crippen LogP contribution in [0, 0.1) is 6.92 Å². The summed E-state index contributed by atoms with van der Waals surface area (Å²) >= 11 is 0. The van der Waals surface area contributed by atoms with Gasteiger partial charge >= 0.3 is 0 Å². The highest BCUT2D eigenvalue weighted by Gasteiger charge is 2.16. The predicted octanol–water partition coefficient (Wildman–Crippen LogP) is 4.84. The van der Waals surface area contributed by atoms with E-state index in [0.29, 0.717) is 6.04 Å². The standard InChI is InChI=1S/C22H27NO/c1-17-7-9-18(10-8-17)11-12-19-13-15-20(16-14-19)22(24)23-21-5-3-2-4-6-21/h7-10,13-16,21H,2-6,11-12H2,1H3,(H,23,24). The Hall–Kier alpha value is -2.09. The largest absolute Gasteiger partial charge is 0.349 e. The Morgan fingerprint density at radius 1 is 0.875 bits per heavy atom. The molecule has 1 N–H and O–H groups in total. The van der Waals surface area contributed by atoms with Crippen molar-refractivity contribution in [2.45, 2.75) is 57.9 Å². The molecule has 0 unspecified atom stereocenters. The first kappa shape index (κ1) is 16.8. The van der Waals surface area contributed by atoms with E-state index in [-0.39, 0.29) is 5.91 Å². The molecule has 1 amide bonds. The normalized spacial score (nSPS) is 15.2. The third kappa shape index (κ3) is 4.70. The fourth-order valence-corrected chi connectivity index (χ4v) is 3.38. The molecule has 2 nitrogen and oxygen atoms in total. The first-order chi connectivity index (χ1) is 11.7. The van der Waals surface area contributed by atoms with Gasteiger partial charge in [0, 0.05) is 11.6 Å². The van der Waals surface area contributed by atoms with E-state index in [1.807, 2.05) is 12.1 Å². The molecule has 2 aromatic rings. The lowest BCUT2D eigenvalue weighted by Crippen LogP contribution is -2.36. The van der Waals surface area contributed by atoms with Gasteiger partial charge < -0.3 is 5.32 Å². The molecule has 0 saturated heterocycles. The molecule has 1 saturated carbocycles. The van der Waals surface area contributed by atoms with Crippen LogP contribution in [-0.2, 0) is 12.8 Å². The quantitative estimate of drug-likeness (QED) is 0.838. The molecule has 0 heterocycles. The summed E-state index contributed by atoms with van der Waals surface area (Å²) in [5, 5.41) is 3.18. The van der Waals surface area contributed by atoms with Gasteiger partial charge in [0.15, 0.2) is 0 Å². The van der Waals surface area contributed by atoms with Crippen LogP contribution in [0.25, 0.3) is 0 Å². The van der Waals surface area contributed by atoms with Crippen molar-refractivity contribution in [3.63, 3.8) is 0 Å². The van der Waals surface area contributed by atoms with Crippen molar-refractivity contribution >= 4 is 5.91 Å². The number of carbonyl (C=O) groups excluding carboxylic acids is 1. The Bertz CT molecular complexity index is 651. The Balaban J connectivity index is 1.52. The molecule has 0 radical (unpaired) electrons. The second-order valence-electron chi connectivity index (χ2n) is 6.99. The van der Waals surface area contributed by atoms with Gasteiger partial charge in [-0.05, 0) is 55.9 Å². The molecule has 1 aliphatic carbocycles. The Kier molecular flexibility index (Phi) is 5.68. The monoisotopic (exact) mass is 321 g/mol. The maximum Gasteiger partial charge on any atom is 0.251 e. The van der Waals surface area contributed by atoms with Gasteiger partial charge in [-0.2, -0.15) is 0 Å². The van der Waals surface area contributed by atoms with Crippen LogP contribution in [0.2, 0.25) is 0 Å². The van der Waals surface area contributed by atoms with E-state index in [0.717, 1.165) is 31.2 Å². The van der Waals surface area contributed by atoms with E-state index in [1.165, 1.54) is 36.0 Å². The van der Waals surface area contributed by atoms with Crippen LogP contribution in [-0.4, -0.2) is 11.9 Å². The number of rotatable bonds is 5. The number of amides is 1. The van der Waals surface area contributed by atoms with Gasteiger partial charge in [-0.3, -0.25) is 4.79 Å². The number of hydrogen-bond donors (Lipinski definition) is 1. The number of carbonyl (C=O) groups is 1. The fourth-order valence-electron chi connectivity index (χ4n) is 3.38. The van der Waals surface area contributed by atoms with E-state index in [4.69, 9.17) is 0 Å². The fraction of sp³-hybridized carbons (Fsp3) is 0.409. The highest BCUT2D eigenvalue weighted by molar-refractivity contribution is 5.94. The zero-order valence-electron chi connectivity index (χ0n) is 14.6. The highest BCUT2D eigenvalue weighted by atomic mass is 16.1. The zero-order valence-corrected chi connectivity index (χ0v) is 14.6. The molecule has 0 bridgehead atoms. The summed E-state index contributed by atoms with van der Waals surface area (Å²) in [4.78, 5) is 12.3. The van der Waals surface area contributed by atoms with Gasteiger partial charge in [-0.25, -0.2) is 0 Å². The molecule has 3 rings (SSSR count). The van der Waals surface area contributed by atoms with Gasteiger partial charge in [0.05, 0.1) is 0 Å². The van der Waals surface area contributed by atoms with E-state index in [1.54, 1.807) is 0 Å².